The maximum atomic E-state index is 5.01. The lowest BCUT2D eigenvalue weighted by Crippen LogP contribution is -2.32. The number of imidazole rings is 1. The first kappa shape index (κ1) is 19.4. The maximum absolute atomic E-state index is 5.01. The van der Waals surface area contributed by atoms with Crippen molar-refractivity contribution in [3.05, 3.63) is 29.9 Å². The second kappa shape index (κ2) is 7.39. The zero-order valence-electron chi connectivity index (χ0n) is 18.8. The first-order valence-corrected chi connectivity index (χ1v) is 11.6. The summed E-state index contributed by atoms with van der Waals surface area (Å²) in [5.74, 6) is 4.54. The Kier molecular flexibility index (Phi) is 4.48. The molecule has 6 rings (SSSR count). The molecule has 32 heavy (non-hydrogen) atoms. The third-order valence-corrected chi connectivity index (χ3v) is 6.75. The van der Waals surface area contributed by atoms with E-state index >= 15 is 0 Å². The Balaban J connectivity index is 1.35. The van der Waals surface area contributed by atoms with E-state index in [2.05, 4.69) is 60.5 Å². The monoisotopic (exact) mass is 432 g/mol. The third-order valence-electron chi connectivity index (χ3n) is 6.75. The molecule has 0 bridgehead atoms. The molecule has 1 saturated carbocycles. The van der Waals surface area contributed by atoms with Gasteiger partial charge in [-0.2, -0.15) is 5.10 Å². The summed E-state index contributed by atoms with van der Waals surface area (Å²) in [5, 5.41) is 17.1. The van der Waals surface area contributed by atoms with Crippen LogP contribution in [0.2, 0.25) is 0 Å². The van der Waals surface area contributed by atoms with Crippen molar-refractivity contribution in [2.24, 2.45) is 0 Å². The Bertz CT molecular complexity index is 1290. The molecule has 2 aliphatic rings. The average molecular weight is 433 g/mol. The van der Waals surface area contributed by atoms with Gasteiger partial charge in [0.2, 0.25) is 0 Å². The first-order valence-electron chi connectivity index (χ1n) is 11.6. The summed E-state index contributed by atoms with van der Waals surface area (Å²) in [6, 6.07) is 0.258. The third kappa shape index (κ3) is 3.00. The molecule has 0 radical (unpaired) electrons. The van der Waals surface area contributed by atoms with E-state index in [-0.39, 0.29) is 6.04 Å². The van der Waals surface area contributed by atoms with Gasteiger partial charge in [0, 0.05) is 43.7 Å². The Morgan fingerprint density at radius 1 is 1.09 bits per heavy atom. The van der Waals surface area contributed by atoms with Crippen LogP contribution in [0.15, 0.2) is 12.5 Å². The molecule has 5 heterocycles. The Morgan fingerprint density at radius 3 is 2.72 bits per heavy atom. The van der Waals surface area contributed by atoms with Gasteiger partial charge in [-0.05, 0) is 40.0 Å². The summed E-state index contributed by atoms with van der Waals surface area (Å²) >= 11 is 0. The fourth-order valence-electron chi connectivity index (χ4n) is 4.83. The van der Waals surface area contributed by atoms with Crippen LogP contribution < -0.4 is 5.32 Å². The quantitative estimate of drug-likeness (QED) is 0.499. The molecule has 0 amide bonds. The van der Waals surface area contributed by atoms with Gasteiger partial charge in [0.1, 0.15) is 23.8 Å². The van der Waals surface area contributed by atoms with Crippen molar-refractivity contribution in [2.45, 2.75) is 78.0 Å². The highest BCUT2D eigenvalue weighted by Crippen LogP contribution is 2.40. The van der Waals surface area contributed by atoms with E-state index in [1.54, 1.807) is 6.33 Å². The number of rotatable bonds is 6. The summed E-state index contributed by atoms with van der Waals surface area (Å²) in [6.45, 7) is 8.78. The highest BCUT2D eigenvalue weighted by atomic mass is 15.3. The summed E-state index contributed by atoms with van der Waals surface area (Å²) in [6.07, 6.45) is 7.92. The lowest BCUT2D eigenvalue weighted by atomic mass is 10.1. The molecule has 1 fully saturated rings. The first-order chi connectivity index (χ1) is 15.7. The van der Waals surface area contributed by atoms with Crippen LogP contribution in [-0.4, -0.2) is 50.1 Å². The molecule has 0 saturated heterocycles. The van der Waals surface area contributed by atoms with Gasteiger partial charge < -0.3 is 14.5 Å². The smallest absolute Gasteiger partial charge is 0.165 e. The molecule has 1 atom stereocenters. The number of fused-ring (bicyclic) bond motifs is 2. The van der Waals surface area contributed by atoms with E-state index in [1.165, 1.54) is 12.8 Å². The predicted octanol–water partition coefficient (Wildman–Crippen LogP) is 2.93. The van der Waals surface area contributed by atoms with E-state index in [9.17, 15) is 0 Å². The predicted molar refractivity (Wildman–Crippen MR) is 120 cm³/mol. The Labute approximate surface area is 186 Å². The lowest BCUT2D eigenvalue weighted by molar-refractivity contribution is 0.465. The SMILES string of the molecule is CCn1ncc(-c2nc3c(NC4CCc5nnc(C6CC6)n5C4)ncnc3n2CC)c1C. The fraction of sp³-hybridized carbons (Fsp3) is 0.545. The molecule has 4 aromatic rings. The largest absolute Gasteiger partial charge is 0.364 e. The molecular formula is C22H28N10. The standard InChI is InChI=1S/C22H28N10/c1-4-30-21(16-10-25-32(5-2)13(16)3)27-18-19(23-12-24-22(18)30)26-15-8-9-17-28-29-20(14-6-7-14)31(17)11-15/h10,12,14-15H,4-9,11H2,1-3H3,(H,23,24,26). The topological polar surface area (TPSA) is 104 Å². The van der Waals surface area contributed by atoms with Gasteiger partial charge in [-0.15, -0.1) is 10.2 Å². The van der Waals surface area contributed by atoms with Crippen LogP contribution in [0.1, 0.15) is 56.4 Å². The van der Waals surface area contributed by atoms with Crippen molar-refractivity contribution in [1.82, 2.24) is 44.1 Å². The van der Waals surface area contributed by atoms with Gasteiger partial charge in [-0.25, -0.2) is 15.0 Å². The Hall–Kier alpha value is -3.30. The van der Waals surface area contributed by atoms with Crippen LogP contribution in [-0.2, 0) is 26.1 Å². The average Bonchev–Trinajstić information content (AvgIpc) is 3.29. The van der Waals surface area contributed by atoms with Crippen molar-refractivity contribution in [3.8, 4) is 11.4 Å². The van der Waals surface area contributed by atoms with E-state index in [4.69, 9.17) is 4.98 Å². The van der Waals surface area contributed by atoms with E-state index < -0.39 is 0 Å². The summed E-state index contributed by atoms with van der Waals surface area (Å²) < 4.78 is 6.46. The van der Waals surface area contributed by atoms with Gasteiger partial charge >= 0.3 is 0 Å². The van der Waals surface area contributed by atoms with Crippen LogP contribution in [0.5, 0.6) is 0 Å². The molecule has 10 heteroatoms. The van der Waals surface area contributed by atoms with Crippen LogP contribution >= 0.6 is 0 Å². The second-order valence-corrected chi connectivity index (χ2v) is 8.77. The number of aromatic nitrogens is 9. The van der Waals surface area contributed by atoms with E-state index in [1.807, 2.05) is 10.9 Å². The molecular weight excluding hydrogens is 404 g/mol. The van der Waals surface area contributed by atoms with Crippen LogP contribution in [0, 0.1) is 6.92 Å². The van der Waals surface area contributed by atoms with Gasteiger partial charge in [0.25, 0.3) is 0 Å². The molecule has 1 N–H and O–H groups in total. The zero-order chi connectivity index (χ0) is 21.8. The van der Waals surface area contributed by atoms with Gasteiger partial charge in [-0.1, -0.05) is 0 Å². The van der Waals surface area contributed by atoms with E-state index in [0.717, 1.165) is 78.2 Å². The molecule has 1 aliphatic carbocycles. The number of hydrogen-bond donors (Lipinski definition) is 1. The highest BCUT2D eigenvalue weighted by molar-refractivity contribution is 5.86. The van der Waals surface area contributed by atoms with Crippen molar-refractivity contribution in [1.29, 1.82) is 0 Å². The molecule has 1 unspecified atom stereocenters. The second-order valence-electron chi connectivity index (χ2n) is 8.77. The van der Waals surface area contributed by atoms with Crippen molar-refractivity contribution < 1.29 is 0 Å². The van der Waals surface area contributed by atoms with Crippen molar-refractivity contribution >= 4 is 17.0 Å². The minimum atomic E-state index is 0.258. The molecule has 166 valence electrons. The van der Waals surface area contributed by atoms with Crippen molar-refractivity contribution in [3.63, 3.8) is 0 Å². The van der Waals surface area contributed by atoms with Gasteiger partial charge in [0.05, 0.1) is 11.8 Å². The molecule has 4 aromatic heterocycles. The maximum Gasteiger partial charge on any atom is 0.165 e. The molecule has 10 nitrogen and oxygen atoms in total. The molecule has 1 aliphatic heterocycles. The zero-order valence-corrected chi connectivity index (χ0v) is 18.8. The summed E-state index contributed by atoms with van der Waals surface area (Å²) in [4.78, 5) is 14.2. The summed E-state index contributed by atoms with van der Waals surface area (Å²) in [5.41, 5.74) is 3.81. The number of hydrogen-bond acceptors (Lipinski definition) is 7. The number of nitrogens with zero attached hydrogens (tertiary/aromatic N) is 9. The normalized spacial score (nSPS) is 18.3. The van der Waals surface area contributed by atoms with Crippen LogP contribution in [0.25, 0.3) is 22.6 Å². The number of anilines is 1. The van der Waals surface area contributed by atoms with Crippen LogP contribution in [0.3, 0.4) is 0 Å². The number of nitrogens with one attached hydrogen (secondary N) is 1. The fourth-order valence-corrected chi connectivity index (χ4v) is 4.83. The summed E-state index contributed by atoms with van der Waals surface area (Å²) in [7, 11) is 0. The van der Waals surface area contributed by atoms with Gasteiger partial charge in [-0.3, -0.25) is 4.68 Å². The van der Waals surface area contributed by atoms with Crippen LogP contribution in [0.4, 0.5) is 5.82 Å². The minimum absolute atomic E-state index is 0.258. The van der Waals surface area contributed by atoms with Gasteiger partial charge in [0.15, 0.2) is 17.0 Å². The van der Waals surface area contributed by atoms with Crippen molar-refractivity contribution in [2.75, 3.05) is 5.32 Å². The Morgan fingerprint density at radius 2 is 1.97 bits per heavy atom. The minimum Gasteiger partial charge on any atom is -0.364 e. The molecule has 0 spiro atoms. The van der Waals surface area contributed by atoms with E-state index in [0.29, 0.717) is 5.92 Å². The highest BCUT2D eigenvalue weighted by Gasteiger charge is 2.33. The number of aryl methyl sites for hydroxylation is 3. The lowest BCUT2D eigenvalue weighted by Gasteiger charge is -2.25. The molecule has 0 aromatic carbocycles.